The minimum absolute atomic E-state index is 0.0118. The lowest BCUT2D eigenvalue weighted by atomic mass is 9.95. The fourth-order valence-corrected chi connectivity index (χ4v) is 3.29. The number of likely N-dealkylation sites (tertiary alicyclic amines) is 1. The number of carbonyl (C=O) groups is 2. The predicted octanol–water partition coefficient (Wildman–Crippen LogP) is 3.33. The standard InChI is InChI=1S/C21H23FN2O4/c1-27-15-7-8-16(17(22)13-15)21(26)24-11-9-14(10-12-24)20(25)23-18-5-3-4-6-19(18)28-2/h3-8,13-14H,9-12H2,1-2H3,(H,23,25). The van der Waals surface area contributed by atoms with Gasteiger partial charge in [-0.2, -0.15) is 0 Å². The molecule has 0 atom stereocenters. The third-order valence-corrected chi connectivity index (χ3v) is 4.92. The van der Waals surface area contributed by atoms with Crippen LogP contribution in [0.3, 0.4) is 0 Å². The van der Waals surface area contributed by atoms with Gasteiger partial charge in [0.2, 0.25) is 5.91 Å². The first-order chi connectivity index (χ1) is 13.5. The number of hydrogen-bond donors (Lipinski definition) is 1. The van der Waals surface area contributed by atoms with Crippen LogP contribution in [0.5, 0.6) is 11.5 Å². The number of para-hydroxylation sites is 2. The van der Waals surface area contributed by atoms with E-state index in [1.807, 2.05) is 12.1 Å². The minimum Gasteiger partial charge on any atom is -0.497 e. The van der Waals surface area contributed by atoms with E-state index in [-0.39, 0.29) is 23.3 Å². The second-order valence-electron chi connectivity index (χ2n) is 6.60. The van der Waals surface area contributed by atoms with Gasteiger partial charge in [0.05, 0.1) is 25.5 Å². The van der Waals surface area contributed by atoms with Crippen molar-refractivity contribution in [1.29, 1.82) is 0 Å². The van der Waals surface area contributed by atoms with Gasteiger partial charge in [-0.1, -0.05) is 12.1 Å². The maximum Gasteiger partial charge on any atom is 0.256 e. The number of piperidine rings is 1. The fourth-order valence-electron chi connectivity index (χ4n) is 3.29. The number of ether oxygens (including phenoxy) is 2. The van der Waals surface area contributed by atoms with Crippen molar-refractivity contribution in [2.24, 2.45) is 5.92 Å². The van der Waals surface area contributed by atoms with Crippen LogP contribution in [0.25, 0.3) is 0 Å². The Balaban J connectivity index is 1.59. The lowest BCUT2D eigenvalue weighted by Crippen LogP contribution is -2.41. The number of carbonyl (C=O) groups excluding carboxylic acids is 2. The van der Waals surface area contributed by atoms with Crippen LogP contribution >= 0.6 is 0 Å². The molecule has 1 heterocycles. The SMILES string of the molecule is COc1ccc(C(=O)N2CCC(C(=O)Nc3ccccc3OC)CC2)c(F)c1. The van der Waals surface area contributed by atoms with Gasteiger partial charge in [-0.15, -0.1) is 0 Å². The zero-order valence-electron chi connectivity index (χ0n) is 15.9. The van der Waals surface area contributed by atoms with Crippen LogP contribution in [0.1, 0.15) is 23.2 Å². The van der Waals surface area contributed by atoms with Gasteiger partial charge in [0.15, 0.2) is 0 Å². The first kappa shape index (κ1) is 19.7. The summed E-state index contributed by atoms with van der Waals surface area (Å²) in [4.78, 5) is 26.7. The third kappa shape index (κ3) is 4.24. The molecular weight excluding hydrogens is 363 g/mol. The van der Waals surface area contributed by atoms with Crippen LogP contribution in [0, 0.1) is 11.7 Å². The molecule has 2 aromatic rings. The van der Waals surface area contributed by atoms with Crippen molar-refractivity contribution in [3.63, 3.8) is 0 Å². The van der Waals surface area contributed by atoms with Gasteiger partial charge in [0.25, 0.3) is 5.91 Å². The molecule has 0 unspecified atom stereocenters. The number of nitrogens with one attached hydrogen (secondary N) is 1. The summed E-state index contributed by atoms with van der Waals surface area (Å²) < 4.78 is 24.4. The summed E-state index contributed by atoms with van der Waals surface area (Å²) in [6.07, 6.45) is 1.04. The van der Waals surface area contributed by atoms with E-state index < -0.39 is 5.82 Å². The molecule has 1 fully saturated rings. The topological polar surface area (TPSA) is 67.9 Å². The van der Waals surface area contributed by atoms with E-state index in [1.54, 1.807) is 30.2 Å². The molecule has 3 rings (SSSR count). The van der Waals surface area contributed by atoms with Gasteiger partial charge in [-0.25, -0.2) is 4.39 Å². The van der Waals surface area contributed by atoms with Crippen LogP contribution in [0.15, 0.2) is 42.5 Å². The third-order valence-electron chi connectivity index (χ3n) is 4.92. The highest BCUT2D eigenvalue weighted by molar-refractivity contribution is 5.96. The summed E-state index contributed by atoms with van der Waals surface area (Å²) in [6, 6.07) is 11.4. The Morgan fingerprint density at radius 3 is 2.43 bits per heavy atom. The zero-order chi connectivity index (χ0) is 20.1. The first-order valence-electron chi connectivity index (χ1n) is 9.10. The van der Waals surface area contributed by atoms with Crippen LogP contribution in [0.4, 0.5) is 10.1 Å². The Kier molecular flexibility index (Phi) is 6.13. The van der Waals surface area contributed by atoms with E-state index in [4.69, 9.17) is 9.47 Å². The smallest absolute Gasteiger partial charge is 0.256 e. The maximum atomic E-state index is 14.2. The predicted molar refractivity (Wildman–Crippen MR) is 103 cm³/mol. The molecule has 0 aromatic heterocycles. The highest BCUT2D eigenvalue weighted by Gasteiger charge is 2.29. The summed E-state index contributed by atoms with van der Waals surface area (Å²) in [5, 5.41) is 2.89. The van der Waals surface area contributed by atoms with Crippen molar-refractivity contribution >= 4 is 17.5 Å². The molecule has 1 saturated heterocycles. The zero-order valence-corrected chi connectivity index (χ0v) is 15.9. The summed E-state index contributed by atoms with van der Waals surface area (Å²) in [5.41, 5.74) is 0.631. The van der Waals surface area contributed by atoms with Crippen LogP contribution in [0.2, 0.25) is 0 Å². The highest BCUT2D eigenvalue weighted by atomic mass is 19.1. The fraction of sp³-hybridized carbons (Fsp3) is 0.333. The van der Waals surface area contributed by atoms with Gasteiger partial charge in [0, 0.05) is 25.1 Å². The molecule has 28 heavy (non-hydrogen) atoms. The van der Waals surface area contributed by atoms with E-state index in [2.05, 4.69) is 5.32 Å². The van der Waals surface area contributed by atoms with E-state index in [0.717, 1.165) is 0 Å². The van der Waals surface area contributed by atoms with E-state index >= 15 is 0 Å². The molecule has 2 aromatic carbocycles. The van der Waals surface area contributed by atoms with Crippen molar-refractivity contribution in [3.8, 4) is 11.5 Å². The Hall–Kier alpha value is -3.09. The molecule has 0 bridgehead atoms. The lowest BCUT2D eigenvalue weighted by molar-refractivity contribution is -0.121. The summed E-state index contributed by atoms with van der Waals surface area (Å²) in [6.45, 7) is 0.794. The highest BCUT2D eigenvalue weighted by Crippen LogP contribution is 2.26. The minimum atomic E-state index is -0.611. The number of rotatable bonds is 5. The normalized spacial score (nSPS) is 14.5. The Morgan fingerprint density at radius 2 is 1.79 bits per heavy atom. The maximum absolute atomic E-state index is 14.2. The van der Waals surface area contributed by atoms with Crippen LogP contribution in [-0.2, 0) is 4.79 Å². The van der Waals surface area contributed by atoms with Crippen LogP contribution < -0.4 is 14.8 Å². The van der Waals surface area contributed by atoms with E-state index in [1.165, 1.54) is 19.2 Å². The number of amides is 2. The van der Waals surface area contributed by atoms with Gasteiger partial charge >= 0.3 is 0 Å². The molecule has 0 spiro atoms. The number of methoxy groups -OCH3 is 2. The summed E-state index contributed by atoms with van der Waals surface area (Å²) in [5.74, 6) is -0.342. The second kappa shape index (κ2) is 8.73. The van der Waals surface area contributed by atoms with Crippen molar-refractivity contribution in [2.45, 2.75) is 12.8 Å². The Bertz CT molecular complexity index is 863. The molecular formula is C21H23FN2O4. The summed E-state index contributed by atoms with van der Waals surface area (Å²) >= 11 is 0. The number of anilines is 1. The monoisotopic (exact) mass is 386 g/mol. The molecule has 1 N–H and O–H groups in total. The van der Waals surface area contributed by atoms with E-state index in [9.17, 15) is 14.0 Å². The largest absolute Gasteiger partial charge is 0.497 e. The van der Waals surface area contributed by atoms with Gasteiger partial charge < -0.3 is 19.7 Å². The van der Waals surface area contributed by atoms with Gasteiger partial charge in [0.1, 0.15) is 17.3 Å². The summed E-state index contributed by atoms with van der Waals surface area (Å²) in [7, 11) is 2.99. The molecule has 0 saturated carbocycles. The molecule has 6 nitrogen and oxygen atoms in total. The first-order valence-corrected chi connectivity index (χ1v) is 9.10. The van der Waals surface area contributed by atoms with Crippen molar-refractivity contribution in [1.82, 2.24) is 4.90 Å². The number of hydrogen-bond acceptors (Lipinski definition) is 4. The molecule has 1 aliphatic rings. The lowest BCUT2D eigenvalue weighted by Gasteiger charge is -2.31. The molecule has 1 aliphatic heterocycles. The van der Waals surface area contributed by atoms with Crippen molar-refractivity contribution in [3.05, 3.63) is 53.8 Å². The van der Waals surface area contributed by atoms with Gasteiger partial charge in [-0.05, 0) is 37.1 Å². The molecule has 148 valence electrons. The average Bonchev–Trinajstić information content (AvgIpc) is 2.73. The average molecular weight is 386 g/mol. The Morgan fingerprint density at radius 1 is 1.07 bits per heavy atom. The molecule has 2 amide bonds. The second-order valence-corrected chi connectivity index (χ2v) is 6.60. The molecule has 0 aliphatic carbocycles. The number of halogens is 1. The molecule has 7 heteroatoms. The van der Waals surface area contributed by atoms with E-state index in [0.29, 0.717) is 43.1 Å². The Labute approximate surface area is 163 Å². The number of nitrogens with zero attached hydrogens (tertiary/aromatic N) is 1. The van der Waals surface area contributed by atoms with Crippen molar-refractivity contribution in [2.75, 3.05) is 32.6 Å². The van der Waals surface area contributed by atoms with Crippen molar-refractivity contribution < 1.29 is 23.5 Å². The molecule has 0 radical (unpaired) electrons. The van der Waals surface area contributed by atoms with Crippen LogP contribution in [-0.4, -0.2) is 44.0 Å². The van der Waals surface area contributed by atoms with Gasteiger partial charge in [-0.3, -0.25) is 9.59 Å². The number of benzene rings is 2. The quantitative estimate of drug-likeness (QED) is 0.856.